The average molecular weight is 250 g/mol. The second-order valence-corrected chi connectivity index (χ2v) is 3.94. The third-order valence-corrected chi connectivity index (χ3v) is 2.86. The van der Waals surface area contributed by atoms with E-state index in [0.29, 0.717) is 13.1 Å². The van der Waals surface area contributed by atoms with Crippen molar-refractivity contribution in [2.75, 3.05) is 20.1 Å². The third kappa shape index (κ3) is 3.09. The Morgan fingerprint density at radius 3 is 2.69 bits per heavy atom. The molecule has 1 aliphatic heterocycles. The Labute approximate surface area is 102 Å². The van der Waals surface area contributed by atoms with E-state index in [9.17, 15) is 9.59 Å². The van der Waals surface area contributed by atoms with Crippen LogP contribution in [-0.4, -0.2) is 42.9 Å². The fraction of sp³-hybridized carbons (Fsp3) is 0.800. The minimum Gasteiger partial charge on any atom is -0.357 e. The largest absolute Gasteiger partial charge is 0.357 e. The van der Waals surface area contributed by atoms with E-state index in [1.807, 2.05) is 0 Å². The predicted molar refractivity (Wildman–Crippen MR) is 64.3 cm³/mol. The molecule has 0 aromatic heterocycles. The summed E-state index contributed by atoms with van der Waals surface area (Å²) in [6.07, 6.45) is 1.64. The summed E-state index contributed by atoms with van der Waals surface area (Å²) in [6.45, 7) is 2.79. The van der Waals surface area contributed by atoms with Crippen LogP contribution in [0.25, 0.3) is 0 Å². The lowest BCUT2D eigenvalue weighted by molar-refractivity contribution is -0.140. The number of hydrogen-bond donors (Lipinski definition) is 2. The van der Waals surface area contributed by atoms with Gasteiger partial charge < -0.3 is 16.0 Å². The number of carbonyl (C=O) groups is 2. The Kier molecular flexibility index (Phi) is 6.36. The van der Waals surface area contributed by atoms with Crippen molar-refractivity contribution in [3.05, 3.63) is 0 Å². The molecule has 0 saturated carbocycles. The first kappa shape index (κ1) is 15.2. The number of likely N-dealkylation sites (N-methyl/N-ethyl adjacent to an activating group) is 1. The molecule has 1 rings (SSSR count). The van der Waals surface area contributed by atoms with Gasteiger partial charge in [0.05, 0.1) is 0 Å². The van der Waals surface area contributed by atoms with Gasteiger partial charge >= 0.3 is 0 Å². The highest BCUT2D eigenvalue weighted by atomic mass is 35.5. The van der Waals surface area contributed by atoms with Crippen LogP contribution in [0.3, 0.4) is 0 Å². The van der Waals surface area contributed by atoms with Gasteiger partial charge in [-0.3, -0.25) is 9.59 Å². The van der Waals surface area contributed by atoms with Crippen molar-refractivity contribution in [1.82, 2.24) is 10.2 Å². The molecule has 2 unspecified atom stereocenters. The minimum absolute atomic E-state index is 0. The average Bonchev–Trinajstić information content (AvgIpc) is 2.74. The number of amides is 2. The molecule has 16 heavy (non-hydrogen) atoms. The van der Waals surface area contributed by atoms with Crippen LogP contribution >= 0.6 is 12.4 Å². The monoisotopic (exact) mass is 249 g/mol. The second-order valence-electron chi connectivity index (χ2n) is 3.94. The molecule has 1 fully saturated rings. The van der Waals surface area contributed by atoms with Crippen molar-refractivity contribution in [3.8, 4) is 0 Å². The van der Waals surface area contributed by atoms with Crippen LogP contribution in [0.2, 0.25) is 0 Å². The molecule has 0 spiro atoms. The number of nitrogens with zero attached hydrogens (tertiary/aromatic N) is 1. The molecule has 0 aliphatic carbocycles. The molecule has 94 valence electrons. The highest BCUT2D eigenvalue weighted by Gasteiger charge is 2.34. The van der Waals surface area contributed by atoms with E-state index in [2.05, 4.69) is 5.32 Å². The van der Waals surface area contributed by atoms with E-state index in [-0.39, 0.29) is 36.2 Å². The Morgan fingerprint density at radius 2 is 2.19 bits per heavy atom. The first-order valence-corrected chi connectivity index (χ1v) is 5.34. The fourth-order valence-corrected chi connectivity index (χ4v) is 1.85. The summed E-state index contributed by atoms with van der Waals surface area (Å²) in [7, 11) is 1.59. The maximum Gasteiger partial charge on any atom is 0.242 e. The number of halogens is 1. The highest BCUT2D eigenvalue weighted by molar-refractivity contribution is 5.88. The molecule has 1 heterocycles. The molecular weight excluding hydrogens is 230 g/mol. The molecule has 6 heteroatoms. The van der Waals surface area contributed by atoms with Gasteiger partial charge in [-0.25, -0.2) is 0 Å². The van der Waals surface area contributed by atoms with Gasteiger partial charge in [0.15, 0.2) is 0 Å². The predicted octanol–water partition coefficient (Wildman–Crippen LogP) is -0.260. The van der Waals surface area contributed by atoms with Gasteiger partial charge in [0.25, 0.3) is 0 Å². The topological polar surface area (TPSA) is 75.4 Å². The van der Waals surface area contributed by atoms with Crippen LogP contribution in [0.15, 0.2) is 0 Å². The number of rotatable bonds is 3. The number of hydrogen-bond acceptors (Lipinski definition) is 3. The summed E-state index contributed by atoms with van der Waals surface area (Å²) in [5.41, 5.74) is 5.45. The maximum atomic E-state index is 11.9. The molecule has 3 N–H and O–H groups in total. The minimum atomic E-state index is -0.295. The zero-order valence-corrected chi connectivity index (χ0v) is 10.5. The van der Waals surface area contributed by atoms with E-state index in [4.69, 9.17) is 5.73 Å². The summed E-state index contributed by atoms with van der Waals surface area (Å²) in [4.78, 5) is 25.0. The summed E-state index contributed by atoms with van der Waals surface area (Å²) in [5, 5.41) is 2.58. The van der Waals surface area contributed by atoms with Gasteiger partial charge in [0.2, 0.25) is 11.8 Å². The van der Waals surface area contributed by atoms with Gasteiger partial charge in [-0.1, -0.05) is 6.92 Å². The quantitative estimate of drug-likeness (QED) is 0.724. The maximum absolute atomic E-state index is 11.9. The van der Waals surface area contributed by atoms with Crippen LogP contribution in [0, 0.1) is 5.92 Å². The van der Waals surface area contributed by atoms with Gasteiger partial charge in [-0.2, -0.15) is 0 Å². The van der Waals surface area contributed by atoms with Crippen LogP contribution < -0.4 is 11.1 Å². The van der Waals surface area contributed by atoms with Crippen molar-refractivity contribution in [1.29, 1.82) is 0 Å². The number of nitrogens with one attached hydrogen (secondary N) is 1. The molecule has 2 amide bonds. The lowest BCUT2D eigenvalue weighted by Crippen LogP contribution is -2.47. The number of nitrogens with two attached hydrogens (primary N) is 1. The number of carbonyl (C=O) groups excluding carboxylic acids is 2. The molecule has 2 atom stereocenters. The normalized spacial score (nSPS) is 21.2. The van der Waals surface area contributed by atoms with Crippen LogP contribution in [0.5, 0.6) is 0 Å². The Balaban J connectivity index is 0.00000225. The second kappa shape index (κ2) is 6.70. The summed E-state index contributed by atoms with van der Waals surface area (Å²) in [5.74, 6) is -0.288. The number of likely N-dealkylation sites (tertiary alicyclic amines) is 1. The molecule has 0 bridgehead atoms. The molecule has 0 aromatic carbocycles. The van der Waals surface area contributed by atoms with Gasteiger partial charge in [-0.05, 0) is 12.8 Å². The smallest absolute Gasteiger partial charge is 0.242 e. The summed E-state index contributed by atoms with van der Waals surface area (Å²) >= 11 is 0. The third-order valence-electron chi connectivity index (χ3n) is 2.86. The van der Waals surface area contributed by atoms with Crippen molar-refractivity contribution in [3.63, 3.8) is 0 Å². The lowest BCUT2D eigenvalue weighted by Gasteiger charge is -2.25. The van der Waals surface area contributed by atoms with Crippen LogP contribution in [0.1, 0.15) is 19.8 Å². The fourth-order valence-electron chi connectivity index (χ4n) is 1.85. The summed E-state index contributed by atoms with van der Waals surface area (Å²) in [6, 6.07) is -0.295. The van der Waals surface area contributed by atoms with Crippen LogP contribution in [-0.2, 0) is 9.59 Å². The molecular formula is C10H20ClN3O2. The first-order valence-electron chi connectivity index (χ1n) is 5.34. The molecule has 0 radical (unpaired) electrons. The SMILES string of the molecule is CNC(=O)C1CCCN1C(=O)C(C)CN.Cl. The van der Waals surface area contributed by atoms with E-state index in [1.54, 1.807) is 18.9 Å². The van der Waals surface area contributed by atoms with E-state index >= 15 is 0 Å². The van der Waals surface area contributed by atoms with Crippen molar-refractivity contribution in [2.24, 2.45) is 11.7 Å². The Morgan fingerprint density at radius 1 is 1.56 bits per heavy atom. The van der Waals surface area contributed by atoms with Gasteiger partial charge in [-0.15, -0.1) is 12.4 Å². The summed E-state index contributed by atoms with van der Waals surface area (Å²) < 4.78 is 0. The van der Waals surface area contributed by atoms with Gasteiger partial charge in [0.1, 0.15) is 6.04 Å². The van der Waals surface area contributed by atoms with Crippen molar-refractivity contribution < 1.29 is 9.59 Å². The molecule has 0 aromatic rings. The van der Waals surface area contributed by atoms with Crippen molar-refractivity contribution in [2.45, 2.75) is 25.8 Å². The highest BCUT2D eigenvalue weighted by Crippen LogP contribution is 2.19. The molecule has 5 nitrogen and oxygen atoms in total. The van der Waals surface area contributed by atoms with E-state index in [1.165, 1.54) is 0 Å². The van der Waals surface area contributed by atoms with E-state index < -0.39 is 0 Å². The van der Waals surface area contributed by atoms with E-state index in [0.717, 1.165) is 12.8 Å². The molecule has 1 aliphatic rings. The Bertz CT molecular complexity index is 260. The zero-order valence-electron chi connectivity index (χ0n) is 9.73. The lowest BCUT2D eigenvalue weighted by atomic mass is 10.1. The molecule has 1 saturated heterocycles. The van der Waals surface area contributed by atoms with Crippen LogP contribution in [0.4, 0.5) is 0 Å². The zero-order chi connectivity index (χ0) is 11.4. The first-order chi connectivity index (χ1) is 7.11. The van der Waals surface area contributed by atoms with Crippen molar-refractivity contribution >= 4 is 24.2 Å². The van der Waals surface area contributed by atoms with Gasteiger partial charge in [0, 0.05) is 26.1 Å². The Hall–Kier alpha value is -0.810. The standard InChI is InChI=1S/C10H19N3O2.ClH/c1-7(6-11)10(15)13-5-3-4-8(13)9(14)12-2;/h7-8H,3-6,11H2,1-2H3,(H,12,14);1H.